The third kappa shape index (κ3) is 3.86. The third-order valence-corrected chi connectivity index (χ3v) is 6.27. The highest BCUT2D eigenvalue weighted by Gasteiger charge is 2.32. The highest BCUT2D eigenvalue weighted by Crippen LogP contribution is 2.44. The maximum atomic E-state index is 11.0. The summed E-state index contributed by atoms with van der Waals surface area (Å²) < 4.78 is 0. The fourth-order valence-electron chi connectivity index (χ4n) is 3.42. The summed E-state index contributed by atoms with van der Waals surface area (Å²) in [6.07, 6.45) is 4.41. The van der Waals surface area contributed by atoms with Gasteiger partial charge in [-0.15, -0.1) is 11.3 Å². The van der Waals surface area contributed by atoms with Crippen molar-refractivity contribution in [2.24, 2.45) is 16.3 Å². The van der Waals surface area contributed by atoms with E-state index in [0.717, 1.165) is 24.8 Å². The number of phenols is 1. The fraction of sp³-hybridized carbons (Fsp3) is 0.400. The maximum Gasteiger partial charge on any atom is 0.311 e. The predicted molar refractivity (Wildman–Crippen MR) is 106 cm³/mol. The highest BCUT2D eigenvalue weighted by molar-refractivity contribution is 7.16. The van der Waals surface area contributed by atoms with E-state index in [1.54, 1.807) is 6.07 Å². The normalized spacial score (nSPS) is 16.9. The molecular formula is C20H21N3O3S. The van der Waals surface area contributed by atoms with E-state index >= 15 is 0 Å². The van der Waals surface area contributed by atoms with Gasteiger partial charge in [-0.1, -0.05) is 20.8 Å². The first-order valence-electron chi connectivity index (χ1n) is 8.77. The van der Waals surface area contributed by atoms with Crippen LogP contribution < -0.4 is 0 Å². The molecule has 0 fully saturated rings. The fourth-order valence-corrected chi connectivity index (χ4v) is 4.64. The summed E-state index contributed by atoms with van der Waals surface area (Å²) in [6.45, 7) is 6.74. The van der Waals surface area contributed by atoms with E-state index in [0.29, 0.717) is 22.0 Å². The Kier molecular flexibility index (Phi) is 5.03. The number of nitriles is 1. The molecule has 1 atom stereocenters. The molecule has 1 N–H and O–H groups in total. The van der Waals surface area contributed by atoms with Gasteiger partial charge in [-0.3, -0.25) is 10.1 Å². The lowest BCUT2D eigenvalue weighted by Gasteiger charge is -2.33. The van der Waals surface area contributed by atoms with Crippen molar-refractivity contribution in [2.75, 3.05) is 0 Å². The molecule has 1 aromatic heterocycles. The zero-order valence-electron chi connectivity index (χ0n) is 15.5. The Morgan fingerprint density at radius 3 is 2.81 bits per heavy atom. The standard InChI is InChI=1S/C20H21N3O3S/c1-20(2,3)13-5-6-14-15(10-21)19(27-18(14)9-13)22-11-12-4-7-17(24)16(8-12)23(25)26/h4,7-8,11,13,24H,5-6,9H2,1-3H3/t13-/m1/s1. The van der Waals surface area contributed by atoms with E-state index in [2.05, 4.69) is 31.8 Å². The van der Waals surface area contributed by atoms with Crippen LogP contribution in [0.3, 0.4) is 0 Å². The lowest BCUT2D eigenvalue weighted by molar-refractivity contribution is -0.385. The summed E-state index contributed by atoms with van der Waals surface area (Å²) in [5, 5.41) is 30.7. The Bertz CT molecular complexity index is 964. The van der Waals surface area contributed by atoms with Crippen LogP contribution >= 0.6 is 11.3 Å². The number of aromatic hydroxyl groups is 1. The molecule has 0 spiro atoms. The first kappa shape index (κ1) is 19.1. The van der Waals surface area contributed by atoms with Gasteiger partial charge in [0, 0.05) is 17.2 Å². The summed E-state index contributed by atoms with van der Waals surface area (Å²) in [4.78, 5) is 16.0. The molecule has 1 aliphatic rings. The number of nitro groups is 1. The molecule has 0 saturated carbocycles. The van der Waals surface area contributed by atoms with Gasteiger partial charge in [-0.05, 0) is 53.9 Å². The van der Waals surface area contributed by atoms with Gasteiger partial charge >= 0.3 is 5.69 Å². The minimum Gasteiger partial charge on any atom is -0.502 e. The van der Waals surface area contributed by atoms with Crippen LogP contribution in [0.4, 0.5) is 10.7 Å². The second-order valence-electron chi connectivity index (χ2n) is 7.86. The molecule has 7 heteroatoms. The Balaban J connectivity index is 1.92. The van der Waals surface area contributed by atoms with Crippen LogP contribution in [-0.4, -0.2) is 16.2 Å². The van der Waals surface area contributed by atoms with Gasteiger partial charge in [0.05, 0.1) is 10.5 Å². The van der Waals surface area contributed by atoms with E-state index in [4.69, 9.17) is 0 Å². The maximum absolute atomic E-state index is 11.0. The molecule has 140 valence electrons. The first-order chi connectivity index (χ1) is 12.7. The third-order valence-electron chi connectivity index (χ3n) is 5.11. The molecule has 0 aliphatic heterocycles. The number of nitrogens with zero attached hydrogens (tertiary/aromatic N) is 3. The minimum absolute atomic E-state index is 0.225. The van der Waals surface area contributed by atoms with Crippen LogP contribution in [0.15, 0.2) is 23.2 Å². The van der Waals surface area contributed by atoms with Crippen molar-refractivity contribution in [3.63, 3.8) is 0 Å². The van der Waals surface area contributed by atoms with Crippen LogP contribution in [0.2, 0.25) is 0 Å². The van der Waals surface area contributed by atoms with E-state index < -0.39 is 4.92 Å². The Morgan fingerprint density at radius 1 is 1.44 bits per heavy atom. The van der Waals surface area contributed by atoms with E-state index in [1.807, 2.05) is 0 Å². The molecule has 0 saturated heterocycles. The molecule has 1 heterocycles. The minimum atomic E-state index is -0.635. The summed E-state index contributed by atoms with van der Waals surface area (Å²) in [7, 11) is 0. The Hall–Kier alpha value is -2.72. The molecule has 0 amide bonds. The van der Waals surface area contributed by atoms with Crippen molar-refractivity contribution in [1.29, 1.82) is 5.26 Å². The van der Waals surface area contributed by atoms with Crippen LogP contribution in [0.25, 0.3) is 0 Å². The summed E-state index contributed by atoms with van der Waals surface area (Å²) >= 11 is 1.54. The largest absolute Gasteiger partial charge is 0.502 e. The Morgan fingerprint density at radius 2 is 2.19 bits per heavy atom. The van der Waals surface area contributed by atoms with Gasteiger partial charge in [0.15, 0.2) is 5.75 Å². The lowest BCUT2D eigenvalue weighted by atomic mass is 9.72. The van der Waals surface area contributed by atoms with E-state index in [1.165, 1.54) is 34.6 Å². The van der Waals surface area contributed by atoms with Gasteiger partial charge in [0.1, 0.15) is 11.1 Å². The summed E-state index contributed by atoms with van der Waals surface area (Å²) in [5.41, 5.74) is 2.09. The molecule has 2 aromatic rings. The molecule has 6 nitrogen and oxygen atoms in total. The van der Waals surface area contributed by atoms with Gasteiger partial charge in [0.2, 0.25) is 0 Å². The average molecular weight is 383 g/mol. The highest BCUT2D eigenvalue weighted by atomic mass is 32.1. The van der Waals surface area contributed by atoms with Gasteiger partial charge < -0.3 is 5.11 Å². The molecule has 0 bridgehead atoms. The molecule has 0 unspecified atom stereocenters. The van der Waals surface area contributed by atoms with Gasteiger partial charge in [-0.2, -0.15) is 5.26 Å². The van der Waals surface area contributed by atoms with Crippen molar-refractivity contribution in [3.8, 4) is 11.8 Å². The van der Waals surface area contributed by atoms with Crippen molar-refractivity contribution >= 4 is 28.2 Å². The lowest BCUT2D eigenvalue weighted by Crippen LogP contribution is -2.26. The number of hydrogen-bond acceptors (Lipinski definition) is 6. The van der Waals surface area contributed by atoms with Crippen LogP contribution in [0.1, 0.15) is 48.8 Å². The second kappa shape index (κ2) is 7.12. The SMILES string of the molecule is CC(C)(C)[C@@H]1CCc2c(sc(N=Cc3ccc(O)c([N+](=O)[O-])c3)c2C#N)C1. The van der Waals surface area contributed by atoms with E-state index in [-0.39, 0.29) is 16.9 Å². The molecule has 1 aliphatic carbocycles. The second-order valence-corrected chi connectivity index (χ2v) is 8.95. The summed E-state index contributed by atoms with van der Waals surface area (Å²) in [6, 6.07) is 6.39. The van der Waals surface area contributed by atoms with Crippen molar-refractivity contribution < 1.29 is 10.0 Å². The Labute approximate surface area is 162 Å². The quantitative estimate of drug-likeness (QED) is 0.451. The van der Waals surface area contributed by atoms with Crippen molar-refractivity contribution in [1.82, 2.24) is 0 Å². The number of nitro benzene ring substituents is 1. The number of thiophene rings is 1. The zero-order chi connectivity index (χ0) is 19.8. The molecule has 27 heavy (non-hydrogen) atoms. The zero-order valence-corrected chi connectivity index (χ0v) is 16.3. The molecule has 1 aromatic carbocycles. The summed E-state index contributed by atoms with van der Waals surface area (Å²) in [5.74, 6) is 0.196. The van der Waals surface area contributed by atoms with Crippen molar-refractivity contribution in [2.45, 2.75) is 40.0 Å². The van der Waals surface area contributed by atoms with Crippen LogP contribution in [0, 0.1) is 32.8 Å². The average Bonchev–Trinajstić information content (AvgIpc) is 2.96. The van der Waals surface area contributed by atoms with Crippen LogP contribution in [0.5, 0.6) is 5.75 Å². The topological polar surface area (TPSA) is 99.5 Å². The van der Waals surface area contributed by atoms with Gasteiger partial charge in [0.25, 0.3) is 0 Å². The molecular weight excluding hydrogens is 362 g/mol. The van der Waals surface area contributed by atoms with Crippen LogP contribution in [-0.2, 0) is 12.8 Å². The predicted octanol–water partition coefficient (Wildman–Crippen LogP) is 5.14. The number of aliphatic imine (C=N–C) groups is 1. The van der Waals surface area contributed by atoms with E-state index in [9.17, 15) is 20.5 Å². The number of rotatable bonds is 3. The number of phenolic OH excluding ortho intramolecular Hbond substituents is 1. The number of fused-ring (bicyclic) bond motifs is 1. The van der Waals surface area contributed by atoms with Crippen molar-refractivity contribution in [3.05, 3.63) is 49.9 Å². The number of benzene rings is 1. The molecule has 0 radical (unpaired) electrons. The smallest absolute Gasteiger partial charge is 0.311 e. The van der Waals surface area contributed by atoms with Gasteiger partial charge in [-0.25, -0.2) is 4.99 Å². The molecule has 3 rings (SSSR count). The monoisotopic (exact) mass is 383 g/mol. The number of hydrogen-bond donors (Lipinski definition) is 1. The first-order valence-corrected chi connectivity index (χ1v) is 9.58.